The van der Waals surface area contributed by atoms with Crippen molar-refractivity contribution in [3.05, 3.63) is 30.1 Å². The van der Waals surface area contributed by atoms with Gasteiger partial charge in [0.05, 0.1) is 12.1 Å². The summed E-state index contributed by atoms with van der Waals surface area (Å²) in [5.41, 5.74) is 0.783. The molecule has 0 unspecified atom stereocenters. The van der Waals surface area contributed by atoms with Crippen molar-refractivity contribution in [2.45, 2.75) is 50.7 Å². The van der Waals surface area contributed by atoms with Crippen LogP contribution in [0.2, 0.25) is 0 Å². The van der Waals surface area contributed by atoms with Crippen molar-refractivity contribution in [2.75, 3.05) is 44.6 Å². The molecule has 2 saturated heterocycles. The van der Waals surface area contributed by atoms with Crippen LogP contribution in [-0.4, -0.2) is 72.3 Å². The van der Waals surface area contributed by atoms with E-state index in [1.807, 2.05) is 0 Å². The number of ether oxygens (including phenoxy) is 1. The van der Waals surface area contributed by atoms with Crippen LogP contribution in [0.1, 0.15) is 38.5 Å². The number of rotatable bonds is 6. The van der Waals surface area contributed by atoms with Crippen LogP contribution >= 0.6 is 12.2 Å². The second-order valence-corrected chi connectivity index (χ2v) is 9.22. The minimum atomic E-state index is -0.263. The van der Waals surface area contributed by atoms with Crippen LogP contribution in [0.3, 0.4) is 0 Å². The van der Waals surface area contributed by atoms with E-state index in [1.165, 1.54) is 25.0 Å². The number of amides is 1. The summed E-state index contributed by atoms with van der Waals surface area (Å²) in [6.07, 6.45) is 6.97. The Labute approximate surface area is 189 Å². The lowest BCUT2D eigenvalue weighted by molar-refractivity contribution is -0.129. The van der Waals surface area contributed by atoms with Crippen LogP contribution in [0.4, 0.5) is 10.1 Å². The SMILES string of the molecule is O=C(NC[C@@H]1CCCO1)[C@H](C1CCCC1)N1CCN(C(=S)Nc2ccc(F)cc2)CC1. The van der Waals surface area contributed by atoms with Gasteiger partial charge in [0.25, 0.3) is 0 Å². The highest BCUT2D eigenvalue weighted by Crippen LogP contribution is 2.31. The monoisotopic (exact) mass is 448 g/mol. The molecule has 3 fully saturated rings. The van der Waals surface area contributed by atoms with E-state index in [0.717, 1.165) is 64.2 Å². The maximum atomic E-state index is 13.2. The van der Waals surface area contributed by atoms with Crippen LogP contribution < -0.4 is 10.6 Å². The summed E-state index contributed by atoms with van der Waals surface area (Å²) in [7, 11) is 0. The molecule has 1 amide bonds. The Morgan fingerprint density at radius 3 is 2.45 bits per heavy atom. The van der Waals surface area contributed by atoms with Crippen molar-refractivity contribution in [2.24, 2.45) is 5.92 Å². The molecule has 0 spiro atoms. The molecule has 1 aromatic rings. The van der Waals surface area contributed by atoms with Crippen LogP contribution in [0.15, 0.2) is 24.3 Å². The van der Waals surface area contributed by atoms with Gasteiger partial charge < -0.3 is 20.3 Å². The van der Waals surface area contributed by atoms with Gasteiger partial charge in [-0.15, -0.1) is 0 Å². The van der Waals surface area contributed by atoms with Gasteiger partial charge in [-0.25, -0.2) is 4.39 Å². The molecule has 2 aliphatic heterocycles. The first-order chi connectivity index (χ1) is 15.1. The summed E-state index contributed by atoms with van der Waals surface area (Å²) in [5, 5.41) is 7.02. The Bertz CT molecular complexity index is 742. The standard InChI is InChI=1S/C23H33FN4O2S/c24-18-7-9-19(10-8-18)26-23(31)28-13-11-27(12-14-28)21(17-4-1-2-5-17)22(29)25-16-20-6-3-15-30-20/h7-10,17,20-21H,1-6,11-16H2,(H,25,29)(H,26,31)/t20-,21-/m0/s1. The number of nitrogens with zero attached hydrogens (tertiary/aromatic N) is 2. The van der Waals surface area contributed by atoms with Gasteiger partial charge in [-0.3, -0.25) is 9.69 Å². The zero-order valence-corrected chi connectivity index (χ0v) is 18.8. The van der Waals surface area contributed by atoms with Crippen molar-refractivity contribution in [3.63, 3.8) is 0 Å². The Hall–Kier alpha value is -1.77. The number of carbonyl (C=O) groups is 1. The summed E-state index contributed by atoms with van der Waals surface area (Å²) in [6.45, 7) is 4.58. The number of hydrogen-bond acceptors (Lipinski definition) is 4. The quantitative estimate of drug-likeness (QED) is 0.653. The molecular formula is C23H33FN4O2S. The maximum Gasteiger partial charge on any atom is 0.237 e. The minimum Gasteiger partial charge on any atom is -0.376 e. The van der Waals surface area contributed by atoms with Crippen molar-refractivity contribution in [1.82, 2.24) is 15.1 Å². The third-order valence-electron chi connectivity index (χ3n) is 6.73. The fourth-order valence-corrected chi connectivity index (χ4v) is 5.31. The molecule has 6 nitrogen and oxygen atoms in total. The normalized spacial score (nSPS) is 23.6. The highest BCUT2D eigenvalue weighted by Gasteiger charge is 2.37. The molecule has 2 heterocycles. The maximum absolute atomic E-state index is 13.2. The summed E-state index contributed by atoms with van der Waals surface area (Å²) < 4.78 is 18.8. The molecule has 1 saturated carbocycles. The molecule has 1 aliphatic carbocycles. The van der Waals surface area contributed by atoms with Crippen molar-refractivity contribution in [3.8, 4) is 0 Å². The van der Waals surface area contributed by atoms with E-state index in [-0.39, 0.29) is 23.9 Å². The predicted molar refractivity (Wildman–Crippen MR) is 123 cm³/mol. The fraction of sp³-hybridized carbons (Fsp3) is 0.652. The lowest BCUT2D eigenvalue weighted by atomic mass is 9.95. The van der Waals surface area contributed by atoms with E-state index in [2.05, 4.69) is 20.4 Å². The molecular weight excluding hydrogens is 415 g/mol. The number of nitrogens with one attached hydrogen (secondary N) is 2. The molecule has 3 aliphatic rings. The van der Waals surface area contributed by atoms with Crippen LogP contribution in [0, 0.1) is 11.7 Å². The minimum absolute atomic E-state index is 0.0651. The van der Waals surface area contributed by atoms with Crippen LogP contribution in [0.25, 0.3) is 0 Å². The number of halogens is 1. The van der Waals surface area contributed by atoms with Gasteiger partial charge >= 0.3 is 0 Å². The van der Waals surface area contributed by atoms with E-state index in [1.54, 1.807) is 12.1 Å². The zero-order chi connectivity index (χ0) is 21.6. The van der Waals surface area contributed by atoms with E-state index >= 15 is 0 Å². The number of thiocarbonyl (C=S) groups is 1. The summed E-state index contributed by atoms with van der Waals surface area (Å²) >= 11 is 5.56. The van der Waals surface area contributed by atoms with E-state index in [9.17, 15) is 9.18 Å². The second-order valence-electron chi connectivity index (χ2n) is 8.83. The number of benzene rings is 1. The third kappa shape index (κ3) is 5.93. The highest BCUT2D eigenvalue weighted by atomic mass is 32.1. The summed E-state index contributed by atoms with van der Waals surface area (Å²) in [6, 6.07) is 6.15. The predicted octanol–water partition coefficient (Wildman–Crippen LogP) is 2.99. The Morgan fingerprint density at radius 2 is 1.81 bits per heavy atom. The topological polar surface area (TPSA) is 56.8 Å². The van der Waals surface area contributed by atoms with Crippen LogP contribution in [-0.2, 0) is 9.53 Å². The molecule has 1 aromatic carbocycles. The molecule has 0 radical (unpaired) electrons. The second kappa shape index (κ2) is 10.7. The average molecular weight is 449 g/mol. The van der Waals surface area contributed by atoms with Gasteiger partial charge in [0.2, 0.25) is 5.91 Å². The van der Waals surface area contributed by atoms with Crippen molar-refractivity contribution in [1.29, 1.82) is 0 Å². The zero-order valence-electron chi connectivity index (χ0n) is 18.0. The largest absolute Gasteiger partial charge is 0.376 e. The van der Waals surface area contributed by atoms with E-state index in [0.29, 0.717) is 17.6 Å². The average Bonchev–Trinajstić information content (AvgIpc) is 3.49. The van der Waals surface area contributed by atoms with Gasteiger partial charge in [-0.1, -0.05) is 12.8 Å². The molecule has 2 N–H and O–H groups in total. The number of carbonyl (C=O) groups excluding carboxylic acids is 1. The van der Waals surface area contributed by atoms with Crippen molar-refractivity contribution < 1.29 is 13.9 Å². The lowest BCUT2D eigenvalue weighted by Crippen LogP contribution is -2.58. The Balaban J connectivity index is 1.31. The molecule has 4 rings (SSSR count). The summed E-state index contributed by atoms with van der Waals surface area (Å²) in [4.78, 5) is 17.7. The molecule has 31 heavy (non-hydrogen) atoms. The van der Waals surface area contributed by atoms with Gasteiger partial charge in [0.1, 0.15) is 5.82 Å². The molecule has 0 bridgehead atoms. The Kier molecular flexibility index (Phi) is 7.74. The molecule has 0 aromatic heterocycles. The number of piperazine rings is 1. The van der Waals surface area contributed by atoms with Crippen LogP contribution in [0.5, 0.6) is 0 Å². The van der Waals surface area contributed by atoms with E-state index in [4.69, 9.17) is 17.0 Å². The summed E-state index contributed by atoms with van der Waals surface area (Å²) in [5.74, 6) is 0.323. The lowest BCUT2D eigenvalue weighted by Gasteiger charge is -2.41. The highest BCUT2D eigenvalue weighted by molar-refractivity contribution is 7.80. The fourth-order valence-electron chi connectivity index (χ4n) is 5.01. The Morgan fingerprint density at radius 1 is 1.10 bits per heavy atom. The first-order valence-corrected chi connectivity index (χ1v) is 12.0. The molecule has 170 valence electrons. The first-order valence-electron chi connectivity index (χ1n) is 11.5. The van der Waals surface area contributed by atoms with Gasteiger partial charge in [0.15, 0.2) is 5.11 Å². The van der Waals surface area contributed by atoms with Gasteiger partial charge in [0, 0.05) is 45.0 Å². The van der Waals surface area contributed by atoms with Gasteiger partial charge in [-0.05, 0) is 68.1 Å². The first kappa shape index (κ1) is 22.4. The molecule has 2 atom stereocenters. The smallest absolute Gasteiger partial charge is 0.237 e. The number of hydrogen-bond donors (Lipinski definition) is 2. The van der Waals surface area contributed by atoms with E-state index < -0.39 is 0 Å². The van der Waals surface area contributed by atoms with Gasteiger partial charge in [-0.2, -0.15) is 0 Å². The number of anilines is 1. The molecule has 8 heteroatoms. The third-order valence-corrected chi connectivity index (χ3v) is 7.09. The van der Waals surface area contributed by atoms with Crippen molar-refractivity contribution >= 4 is 28.9 Å².